The molecule has 4 unspecified atom stereocenters. The van der Waals surface area contributed by atoms with Crippen LogP contribution < -0.4 is 0 Å². The van der Waals surface area contributed by atoms with Crippen LogP contribution in [0.5, 0.6) is 0 Å². The lowest BCUT2D eigenvalue weighted by Gasteiger charge is -2.18. The Morgan fingerprint density at radius 2 is 1.06 bits per heavy atom. The monoisotopic (exact) mass is 260 g/mol. The molecule has 16 heavy (non-hydrogen) atoms. The summed E-state index contributed by atoms with van der Waals surface area (Å²) in [4.78, 5) is 0. The highest BCUT2D eigenvalue weighted by Crippen LogP contribution is 2.27. The van der Waals surface area contributed by atoms with Crippen molar-refractivity contribution >= 4 is 0 Å². The first-order chi connectivity index (χ1) is 7.20. The van der Waals surface area contributed by atoms with Gasteiger partial charge in [-0.05, 0) is 0 Å². The molecule has 0 aliphatic carbocycles. The number of alkyl halides is 6. The van der Waals surface area contributed by atoms with Crippen LogP contribution in [0.15, 0.2) is 11.9 Å². The number of halogens is 9. The fourth-order valence-corrected chi connectivity index (χ4v) is 0.720. The third kappa shape index (κ3) is 3.60. The molecule has 0 radical (unpaired) electrons. The van der Waals surface area contributed by atoms with E-state index in [1.54, 1.807) is 0 Å². The summed E-state index contributed by atoms with van der Waals surface area (Å²) < 4.78 is 107. The van der Waals surface area contributed by atoms with Gasteiger partial charge in [-0.2, -0.15) is 8.78 Å². The van der Waals surface area contributed by atoms with Gasteiger partial charge in [0.15, 0.2) is 24.7 Å². The summed E-state index contributed by atoms with van der Waals surface area (Å²) in [6, 6.07) is 0. The van der Waals surface area contributed by atoms with Crippen molar-refractivity contribution in [3.05, 3.63) is 11.9 Å². The standard InChI is InChI=1S/C7H5F9/c8-1(2(9)4(11)6(13)14)3(10)5(12)7(15)16/h1-4,6H. The molecular weight excluding hydrogens is 255 g/mol. The molecule has 0 heterocycles. The Balaban J connectivity index is 4.68. The molecule has 0 aromatic rings. The summed E-state index contributed by atoms with van der Waals surface area (Å²) in [7, 11) is 0. The largest absolute Gasteiger partial charge is 0.304 e. The van der Waals surface area contributed by atoms with Crippen molar-refractivity contribution in [2.24, 2.45) is 0 Å². The van der Waals surface area contributed by atoms with E-state index in [-0.39, 0.29) is 0 Å². The number of hydrogen-bond acceptors (Lipinski definition) is 0. The van der Waals surface area contributed by atoms with Crippen molar-refractivity contribution in [2.45, 2.75) is 31.1 Å². The topological polar surface area (TPSA) is 0 Å². The van der Waals surface area contributed by atoms with E-state index in [0.717, 1.165) is 0 Å². The van der Waals surface area contributed by atoms with E-state index >= 15 is 0 Å². The Bertz CT molecular complexity index is 246. The van der Waals surface area contributed by atoms with Crippen LogP contribution in [0.3, 0.4) is 0 Å². The zero-order valence-electron chi connectivity index (χ0n) is 7.29. The molecule has 9 heteroatoms. The average Bonchev–Trinajstić information content (AvgIpc) is 2.23. The van der Waals surface area contributed by atoms with Gasteiger partial charge >= 0.3 is 6.08 Å². The van der Waals surface area contributed by atoms with Crippen molar-refractivity contribution in [1.82, 2.24) is 0 Å². The molecule has 0 saturated carbocycles. The lowest BCUT2D eigenvalue weighted by atomic mass is 10.1. The summed E-state index contributed by atoms with van der Waals surface area (Å²) in [5, 5.41) is 0. The molecule has 0 saturated heterocycles. The SMILES string of the molecule is FC(F)=C(F)C(F)C(F)C(F)C(F)C(F)F. The quantitative estimate of drug-likeness (QED) is 0.661. The van der Waals surface area contributed by atoms with Gasteiger partial charge in [-0.1, -0.05) is 0 Å². The highest BCUT2D eigenvalue weighted by Gasteiger charge is 2.43. The molecule has 0 nitrogen and oxygen atoms in total. The Hall–Kier alpha value is -0.890. The highest BCUT2D eigenvalue weighted by atomic mass is 19.3. The minimum absolute atomic E-state index is 2.95. The molecule has 0 aliphatic rings. The van der Waals surface area contributed by atoms with Crippen LogP contribution in [0, 0.1) is 0 Å². The zero-order valence-corrected chi connectivity index (χ0v) is 7.29. The van der Waals surface area contributed by atoms with Crippen LogP contribution in [-0.4, -0.2) is 31.1 Å². The third-order valence-corrected chi connectivity index (χ3v) is 1.55. The van der Waals surface area contributed by atoms with Gasteiger partial charge in [0.1, 0.15) is 0 Å². The molecule has 0 aromatic heterocycles. The van der Waals surface area contributed by atoms with E-state index in [1.807, 2.05) is 0 Å². The second kappa shape index (κ2) is 6.00. The van der Waals surface area contributed by atoms with Crippen LogP contribution in [0.4, 0.5) is 39.5 Å². The number of allylic oxidation sites excluding steroid dienone is 1. The second-order valence-electron chi connectivity index (χ2n) is 2.68. The third-order valence-electron chi connectivity index (χ3n) is 1.55. The molecule has 0 amide bonds. The molecule has 96 valence electrons. The molecule has 0 fully saturated rings. The van der Waals surface area contributed by atoms with Gasteiger partial charge in [0, 0.05) is 0 Å². The summed E-state index contributed by atoms with van der Waals surface area (Å²) in [5.74, 6) is -2.95. The van der Waals surface area contributed by atoms with E-state index in [0.29, 0.717) is 0 Å². The minimum atomic E-state index is -3.97. The molecule has 4 atom stereocenters. The first-order valence-electron chi connectivity index (χ1n) is 3.75. The van der Waals surface area contributed by atoms with Crippen LogP contribution in [0.2, 0.25) is 0 Å². The van der Waals surface area contributed by atoms with Crippen LogP contribution >= 0.6 is 0 Å². The first kappa shape index (κ1) is 15.1. The van der Waals surface area contributed by atoms with E-state index in [2.05, 4.69) is 0 Å². The minimum Gasteiger partial charge on any atom is -0.241 e. The second-order valence-corrected chi connectivity index (χ2v) is 2.68. The normalized spacial score (nSPS) is 19.1. The Labute approximate surface area is 83.7 Å². The molecule has 0 bridgehead atoms. The van der Waals surface area contributed by atoms with Gasteiger partial charge < -0.3 is 0 Å². The number of hydrogen-bond donors (Lipinski definition) is 0. The molecule has 0 aromatic carbocycles. The maximum absolute atomic E-state index is 12.5. The summed E-state index contributed by atoms with van der Waals surface area (Å²) in [5.41, 5.74) is 0. The smallest absolute Gasteiger partial charge is 0.241 e. The molecule has 0 aliphatic heterocycles. The van der Waals surface area contributed by atoms with Crippen LogP contribution in [-0.2, 0) is 0 Å². The molecule has 0 rings (SSSR count). The first-order valence-corrected chi connectivity index (χ1v) is 3.75. The van der Waals surface area contributed by atoms with E-state index in [9.17, 15) is 39.5 Å². The average molecular weight is 260 g/mol. The van der Waals surface area contributed by atoms with Gasteiger partial charge in [0.25, 0.3) is 6.43 Å². The summed E-state index contributed by atoms with van der Waals surface area (Å²) in [6.07, 6.45) is -22.3. The number of rotatable bonds is 5. The van der Waals surface area contributed by atoms with Gasteiger partial charge in [0.05, 0.1) is 0 Å². The fourth-order valence-electron chi connectivity index (χ4n) is 0.720. The predicted molar refractivity (Wildman–Crippen MR) is 35.9 cm³/mol. The summed E-state index contributed by atoms with van der Waals surface area (Å²) >= 11 is 0. The van der Waals surface area contributed by atoms with E-state index in [4.69, 9.17) is 0 Å². The zero-order chi connectivity index (χ0) is 13.0. The Morgan fingerprint density at radius 1 is 0.625 bits per heavy atom. The highest BCUT2D eigenvalue weighted by molar-refractivity contribution is 5.04. The van der Waals surface area contributed by atoms with Crippen LogP contribution in [0.25, 0.3) is 0 Å². The van der Waals surface area contributed by atoms with Crippen molar-refractivity contribution in [3.8, 4) is 0 Å². The molecule has 0 spiro atoms. The Morgan fingerprint density at radius 3 is 1.38 bits per heavy atom. The maximum Gasteiger partial charge on any atom is 0.304 e. The van der Waals surface area contributed by atoms with Gasteiger partial charge in [-0.3, -0.25) is 0 Å². The van der Waals surface area contributed by atoms with Crippen LogP contribution in [0.1, 0.15) is 0 Å². The van der Waals surface area contributed by atoms with Gasteiger partial charge in [0.2, 0.25) is 5.83 Å². The van der Waals surface area contributed by atoms with Crippen molar-refractivity contribution in [3.63, 3.8) is 0 Å². The summed E-state index contributed by atoms with van der Waals surface area (Å²) in [6.45, 7) is 0. The lowest BCUT2D eigenvalue weighted by Crippen LogP contribution is -2.38. The predicted octanol–water partition coefficient (Wildman–Crippen LogP) is 3.68. The Kier molecular flexibility index (Phi) is 5.66. The van der Waals surface area contributed by atoms with Crippen molar-refractivity contribution < 1.29 is 39.5 Å². The van der Waals surface area contributed by atoms with Crippen molar-refractivity contribution in [1.29, 1.82) is 0 Å². The maximum atomic E-state index is 12.5. The molecular formula is C7H5F9. The van der Waals surface area contributed by atoms with E-state index < -0.39 is 43.0 Å². The van der Waals surface area contributed by atoms with Gasteiger partial charge in [-0.15, -0.1) is 0 Å². The molecule has 0 N–H and O–H groups in total. The lowest BCUT2D eigenvalue weighted by molar-refractivity contribution is -0.0381. The van der Waals surface area contributed by atoms with Gasteiger partial charge in [-0.25, -0.2) is 30.7 Å². The van der Waals surface area contributed by atoms with E-state index in [1.165, 1.54) is 0 Å². The van der Waals surface area contributed by atoms with Crippen molar-refractivity contribution in [2.75, 3.05) is 0 Å². The fraction of sp³-hybridized carbons (Fsp3) is 0.714.